The van der Waals surface area contributed by atoms with E-state index < -0.39 is 11.7 Å². The molecule has 0 bridgehead atoms. The minimum Gasteiger partial charge on any atom is -0.339 e. The second-order valence-electron chi connectivity index (χ2n) is 8.83. The second-order valence-corrected chi connectivity index (χ2v) is 8.83. The number of nitrogens with one attached hydrogen (secondary N) is 2. The Morgan fingerprint density at radius 1 is 0.771 bits per heavy atom. The topological polar surface area (TPSA) is 49.8 Å². The van der Waals surface area contributed by atoms with Gasteiger partial charge in [0.1, 0.15) is 11.4 Å². The SMILES string of the molecule is CCCCCCc1ccccc1Nc1nc(Nc2ccc(CCCCC)cc2)ncc1C(F)(F)F. The van der Waals surface area contributed by atoms with Crippen molar-refractivity contribution in [3.8, 4) is 0 Å². The second kappa shape index (κ2) is 13.1. The Kier molecular flexibility index (Phi) is 9.94. The van der Waals surface area contributed by atoms with Gasteiger partial charge in [-0.1, -0.05) is 76.3 Å². The lowest BCUT2D eigenvalue weighted by molar-refractivity contribution is -0.137. The van der Waals surface area contributed by atoms with E-state index in [1.165, 1.54) is 18.4 Å². The van der Waals surface area contributed by atoms with E-state index in [0.29, 0.717) is 5.69 Å². The molecular weight excluding hydrogens is 449 g/mol. The molecule has 0 aliphatic rings. The number of benzene rings is 2. The Morgan fingerprint density at radius 2 is 1.46 bits per heavy atom. The summed E-state index contributed by atoms with van der Waals surface area (Å²) in [6, 6.07) is 15.3. The number of anilines is 4. The zero-order chi connectivity index (χ0) is 25.1. The number of para-hydroxylation sites is 1. The van der Waals surface area contributed by atoms with Gasteiger partial charge in [-0.25, -0.2) is 4.98 Å². The normalized spacial score (nSPS) is 11.5. The molecule has 0 radical (unpaired) electrons. The molecule has 0 saturated heterocycles. The van der Waals surface area contributed by atoms with Crippen molar-refractivity contribution in [2.24, 2.45) is 0 Å². The van der Waals surface area contributed by atoms with Crippen molar-refractivity contribution in [2.45, 2.75) is 77.8 Å². The maximum Gasteiger partial charge on any atom is 0.421 e. The lowest BCUT2D eigenvalue weighted by Gasteiger charge is -2.17. The Bertz CT molecular complexity index is 1050. The van der Waals surface area contributed by atoms with E-state index >= 15 is 0 Å². The Balaban J connectivity index is 1.79. The number of rotatable bonds is 13. The van der Waals surface area contributed by atoms with Gasteiger partial charge in [0.15, 0.2) is 0 Å². The maximum atomic E-state index is 13.7. The van der Waals surface area contributed by atoms with Crippen LogP contribution in [-0.2, 0) is 19.0 Å². The lowest BCUT2D eigenvalue weighted by Crippen LogP contribution is -2.13. The van der Waals surface area contributed by atoms with Crippen LogP contribution in [0.5, 0.6) is 0 Å². The number of aryl methyl sites for hydroxylation is 2. The fraction of sp³-hybridized carbons (Fsp3) is 0.429. The molecule has 4 nitrogen and oxygen atoms in total. The van der Waals surface area contributed by atoms with Gasteiger partial charge in [0.05, 0.1) is 0 Å². The smallest absolute Gasteiger partial charge is 0.339 e. The summed E-state index contributed by atoms with van der Waals surface area (Å²) in [5.41, 5.74) is 2.68. The van der Waals surface area contributed by atoms with Crippen LogP contribution in [0.3, 0.4) is 0 Å². The van der Waals surface area contributed by atoms with E-state index in [1.807, 2.05) is 42.5 Å². The van der Waals surface area contributed by atoms with Crippen LogP contribution in [-0.4, -0.2) is 9.97 Å². The molecule has 0 atom stereocenters. The van der Waals surface area contributed by atoms with Crippen LogP contribution in [0, 0.1) is 0 Å². The van der Waals surface area contributed by atoms with Crippen LogP contribution in [0.25, 0.3) is 0 Å². The van der Waals surface area contributed by atoms with E-state index in [9.17, 15) is 13.2 Å². The van der Waals surface area contributed by atoms with Crippen LogP contribution >= 0.6 is 0 Å². The Labute approximate surface area is 206 Å². The largest absolute Gasteiger partial charge is 0.421 e. The first-order valence-corrected chi connectivity index (χ1v) is 12.6. The standard InChI is InChI=1S/C28H35F3N4/c1-3-5-7-9-13-22-14-10-11-15-25(22)34-26-24(28(29,30)31)20-32-27(35-26)33-23-18-16-21(17-19-23)12-8-6-4-2/h10-11,14-20H,3-9,12-13H2,1-2H3,(H2,32,33,34,35). The number of aromatic nitrogens is 2. The molecule has 0 aliphatic heterocycles. The summed E-state index contributed by atoms with van der Waals surface area (Å²) >= 11 is 0. The first-order valence-electron chi connectivity index (χ1n) is 12.6. The Morgan fingerprint density at radius 3 is 2.17 bits per heavy atom. The average molecular weight is 485 g/mol. The number of unbranched alkanes of at least 4 members (excludes halogenated alkanes) is 5. The van der Waals surface area contributed by atoms with E-state index in [-0.39, 0.29) is 11.8 Å². The zero-order valence-electron chi connectivity index (χ0n) is 20.6. The molecule has 0 aliphatic carbocycles. The fourth-order valence-corrected chi connectivity index (χ4v) is 3.94. The molecule has 35 heavy (non-hydrogen) atoms. The average Bonchev–Trinajstić information content (AvgIpc) is 2.83. The van der Waals surface area contributed by atoms with Gasteiger partial charge in [0, 0.05) is 17.6 Å². The number of alkyl halides is 3. The van der Waals surface area contributed by atoms with Gasteiger partial charge in [0.25, 0.3) is 0 Å². The third-order valence-corrected chi connectivity index (χ3v) is 5.94. The minimum atomic E-state index is -4.57. The molecule has 1 heterocycles. The van der Waals surface area contributed by atoms with E-state index in [0.717, 1.165) is 62.4 Å². The van der Waals surface area contributed by atoms with Crippen LogP contribution in [0.2, 0.25) is 0 Å². The highest BCUT2D eigenvalue weighted by Gasteiger charge is 2.35. The fourth-order valence-electron chi connectivity index (χ4n) is 3.94. The summed E-state index contributed by atoms with van der Waals surface area (Å²) in [6.45, 7) is 4.32. The predicted octanol–water partition coefficient (Wildman–Crippen LogP) is 8.84. The van der Waals surface area contributed by atoms with Crippen molar-refractivity contribution < 1.29 is 13.2 Å². The molecule has 0 amide bonds. The third kappa shape index (κ3) is 8.26. The molecule has 0 saturated carbocycles. The van der Waals surface area contributed by atoms with Crippen molar-refractivity contribution in [3.63, 3.8) is 0 Å². The molecule has 0 unspecified atom stereocenters. The molecule has 3 aromatic rings. The Hall–Kier alpha value is -3.09. The van der Waals surface area contributed by atoms with Gasteiger partial charge < -0.3 is 10.6 Å². The van der Waals surface area contributed by atoms with Gasteiger partial charge in [-0.05, 0) is 55.0 Å². The molecule has 1 aromatic heterocycles. The van der Waals surface area contributed by atoms with Crippen molar-refractivity contribution in [1.82, 2.24) is 9.97 Å². The summed E-state index contributed by atoms with van der Waals surface area (Å²) in [7, 11) is 0. The summed E-state index contributed by atoms with van der Waals surface area (Å²) < 4.78 is 41.2. The summed E-state index contributed by atoms with van der Waals surface area (Å²) in [5.74, 6) is -0.146. The van der Waals surface area contributed by atoms with Gasteiger partial charge in [-0.15, -0.1) is 0 Å². The molecule has 188 valence electrons. The monoisotopic (exact) mass is 484 g/mol. The first kappa shape index (κ1) is 26.5. The first-order chi connectivity index (χ1) is 16.9. The van der Waals surface area contributed by atoms with Gasteiger partial charge in [-0.2, -0.15) is 18.2 Å². The third-order valence-electron chi connectivity index (χ3n) is 5.94. The number of nitrogens with zero attached hydrogens (tertiary/aromatic N) is 2. The lowest BCUT2D eigenvalue weighted by atomic mass is 10.0. The quantitative estimate of drug-likeness (QED) is 0.238. The molecule has 0 spiro atoms. The molecule has 7 heteroatoms. The predicted molar refractivity (Wildman–Crippen MR) is 138 cm³/mol. The number of halogens is 3. The van der Waals surface area contributed by atoms with Gasteiger partial charge in [0.2, 0.25) is 5.95 Å². The van der Waals surface area contributed by atoms with Gasteiger partial charge >= 0.3 is 6.18 Å². The van der Waals surface area contributed by atoms with E-state index in [1.54, 1.807) is 6.07 Å². The van der Waals surface area contributed by atoms with E-state index in [2.05, 4.69) is 34.4 Å². The van der Waals surface area contributed by atoms with Crippen molar-refractivity contribution in [2.75, 3.05) is 10.6 Å². The van der Waals surface area contributed by atoms with Crippen molar-refractivity contribution >= 4 is 23.1 Å². The van der Waals surface area contributed by atoms with Crippen molar-refractivity contribution in [1.29, 1.82) is 0 Å². The van der Waals surface area contributed by atoms with Crippen LogP contribution < -0.4 is 10.6 Å². The van der Waals surface area contributed by atoms with E-state index in [4.69, 9.17) is 0 Å². The number of hydrogen-bond donors (Lipinski definition) is 2. The molecular formula is C28H35F3N4. The zero-order valence-corrected chi connectivity index (χ0v) is 20.6. The highest BCUT2D eigenvalue weighted by molar-refractivity contribution is 5.65. The van der Waals surface area contributed by atoms with Crippen LogP contribution in [0.1, 0.15) is 75.5 Å². The van der Waals surface area contributed by atoms with Crippen molar-refractivity contribution in [3.05, 3.63) is 71.4 Å². The highest BCUT2D eigenvalue weighted by Crippen LogP contribution is 2.36. The highest BCUT2D eigenvalue weighted by atomic mass is 19.4. The van der Waals surface area contributed by atoms with Crippen LogP contribution in [0.4, 0.5) is 36.3 Å². The summed E-state index contributed by atoms with van der Waals surface area (Å²) in [5, 5.41) is 5.98. The molecule has 2 N–H and O–H groups in total. The van der Waals surface area contributed by atoms with Crippen LogP contribution in [0.15, 0.2) is 54.7 Å². The molecule has 0 fully saturated rings. The number of hydrogen-bond acceptors (Lipinski definition) is 4. The maximum absolute atomic E-state index is 13.7. The van der Waals surface area contributed by atoms with Gasteiger partial charge in [-0.3, -0.25) is 0 Å². The molecule has 2 aromatic carbocycles. The minimum absolute atomic E-state index is 0.111. The summed E-state index contributed by atoms with van der Waals surface area (Å²) in [4.78, 5) is 8.15. The molecule has 3 rings (SSSR count). The summed E-state index contributed by atoms with van der Waals surface area (Å²) in [6.07, 6.45) is 5.94.